The molecule has 1 saturated heterocycles. The van der Waals surface area contributed by atoms with Crippen molar-refractivity contribution in [3.63, 3.8) is 0 Å². The van der Waals surface area contributed by atoms with Gasteiger partial charge in [-0.3, -0.25) is 0 Å². The molecule has 4 aromatic rings. The van der Waals surface area contributed by atoms with Crippen molar-refractivity contribution in [2.45, 2.75) is 0 Å². The number of hydrogen-bond donors (Lipinski definition) is 2. The van der Waals surface area contributed by atoms with E-state index in [-0.39, 0.29) is 0 Å². The lowest BCUT2D eigenvalue weighted by molar-refractivity contribution is 0.585. The molecule has 5 rings (SSSR count). The molecular formula is C25H20Cl2N6. The number of anilines is 1. The molecule has 0 amide bonds. The fourth-order valence-corrected chi connectivity index (χ4v) is 4.61. The fourth-order valence-electron chi connectivity index (χ4n) is 4.01. The Hall–Kier alpha value is -3.37. The number of nitrogens with zero attached hydrogens (tertiary/aromatic N) is 4. The van der Waals surface area contributed by atoms with Crippen LogP contribution in [0.2, 0.25) is 10.0 Å². The Morgan fingerprint density at radius 3 is 2.48 bits per heavy atom. The second kappa shape index (κ2) is 9.24. The fraction of sp³-hybridized carbons (Fsp3) is 0.160. The molecule has 0 atom stereocenters. The van der Waals surface area contributed by atoms with Crippen LogP contribution in [0.4, 0.5) is 5.82 Å². The molecule has 1 aliphatic rings. The predicted molar refractivity (Wildman–Crippen MR) is 134 cm³/mol. The summed E-state index contributed by atoms with van der Waals surface area (Å²) < 4.78 is 0. The minimum absolute atomic E-state index is 0.388. The number of fused-ring (bicyclic) bond motifs is 1. The first-order chi connectivity index (χ1) is 16.1. The van der Waals surface area contributed by atoms with Gasteiger partial charge in [-0.2, -0.15) is 5.26 Å². The maximum atomic E-state index is 9.79. The van der Waals surface area contributed by atoms with Gasteiger partial charge in [0.2, 0.25) is 0 Å². The summed E-state index contributed by atoms with van der Waals surface area (Å²) in [4.78, 5) is 14.7. The summed E-state index contributed by atoms with van der Waals surface area (Å²) in [5.74, 6) is 0.981. The molecular weight excluding hydrogens is 455 g/mol. The Labute approximate surface area is 201 Å². The molecule has 0 radical (unpaired) electrons. The molecule has 0 unspecified atom stereocenters. The van der Waals surface area contributed by atoms with Gasteiger partial charge in [0.1, 0.15) is 11.5 Å². The highest BCUT2D eigenvalue weighted by Crippen LogP contribution is 2.33. The second-order valence-corrected chi connectivity index (χ2v) is 8.59. The van der Waals surface area contributed by atoms with Gasteiger partial charge in [-0.15, -0.1) is 0 Å². The number of aromatic amines is 1. The maximum Gasteiger partial charge on any atom is 0.137 e. The number of hydrogen-bond acceptors (Lipinski definition) is 5. The van der Waals surface area contributed by atoms with Crippen LogP contribution in [-0.2, 0) is 0 Å². The Kier molecular flexibility index (Phi) is 6.01. The molecule has 4 heterocycles. The molecule has 164 valence electrons. The average Bonchev–Trinajstić information content (AvgIpc) is 3.26. The van der Waals surface area contributed by atoms with E-state index >= 15 is 0 Å². The number of benzene rings is 1. The Balaban J connectivity index is 1.50. The number of allylic oxidation sites excluding steroid dienone is 1. The van der Waals surface area contributed by atoms with Crippen LogP contribution in [0.15, 0.2) is 55.0 Å². The van der Waals surface area contributed by atoms with E-state index in [0.717, 1.165) is 59.7 Å². The zero-order valence-corrected chi connectivity index (χ0v) is 19.2. The third-order valence-electron chi connectivity index (χ3n) is 5.74. The number of pyridine rings is 2. The lowest BCUT2D eigenvalue weighted by Gasteiger charge is -2.28. The normalized spacial score (nSPS) is 14.5. The van der Waals surface area contributed by atoms with Crippen LogP contribution in [-0.4, -0.2) is 41.1 Å². The Morgan fingerprint density at radius 1 is 1.03 bits per heavy atom. The van der Waals surface area contributed by atoms with E-state index in [1.54, 1.807) is 24.3 Å². The topological polar surface area (TPSA) is 80.6 Å². The molecule has 3 aromatic heterocycles. The van der Waals surface area contributed by atoms with E-state index in [1.165, 1.54) is 0 Å². The van der Waals surface area contributed by atoms with Gasteiger partial charge in [-0.25, -0.2) is 9.97 Å². The van der Waals surface area contributed by atoms with Crippen molar-refractivity contribution in [3.8, 4) is 17.2 Å². The van der Waals surface area contributed by atoms with Crippen LogP contribution in [0, 0.1) is 11.3 Å². The smallest absolute Gasteiger partial charge is 0.137 e. The van der Waals surface area contributed by atoms with Crippen molar-refractivity contribution in [2.24, 2.45) is 0 Å². The minimum atomic E-state index is 0.388. The van der Waals surface area contributed by atoms with Gasteiger partial charge in [-0.1, -0.05) is 29.3 Å². The second-order valence-electron chi connectivity index (χ2n) is 7.77. The number of rotatable bonds is 4. The minimum Gasteiger partial charge on any atom is -0.354 e. The van der Waals surface area contributed by atoms with Crippen LogP contribution in [0.5, 0.6) is 0 Å². The summed E-state index contributed by atoms with van der Waals surface area (Å²) in [6.45, 7) is 3.85. The highest BCUT2D eigenvalue weighted by Gasteiger charge is 2.14. The van der Waals surface area contributed by atoms with Gasteiger partial charge >= 0.3 is 0 Å². The summed E-state index contributed by atoms with van der Waals surface area (Å²) in [7, 11) is 0. The number of nitriles is 1. The third kappa shape index (κ3) is 4.31. The van der Waals surface area contributed by atoms with Crippen LogP contribution >= 0.6 is 23.2 Å². The molecule has 2 N–H and O–H groups in total. The summed E-state index contributed by atoms with van der Waals surface area (Å²) in [5.41, 5.74) is 4.41. The number of halogens is 2. The van der Waals surface area contributed by atoms with Crippen LogP contribution in [0.3, 0.4) is 0 Å². The van der Waals surface area contributed by atoms with Gasteiger partial charge in [0.15, 0.2) is 0 Å². The number of H-pyrrole nitrogens is 1. The van der Waals surface area contributed by atoms with E-state index in [9.17, 15) is 5.26 Å². The van der Waals surface area contributed by atoms with Gasteiger partial charge in [0.25, 0.3) is 0 Å². The lowest BCUT2D eigenvalue weighted by Crippen LogP contribution is -2.43. The number of nitrogens with one attached hydrogen (secondary N) is 2. The quantitative estimate of drug-likeness (QED) is 0.386. The first kappa shape index (κ1) is 21.5. The van der Waals surface area contributed by atoms with Gasteiger partial charge in [0, 0.05) is 72.4 Å². The zero-order chi connectivity index (χ0) is 22.8. The summed E-state index contributed by atoms with van der Waals surface area (Å²) in [6, 6.07) is 13.6. The highest BCUT2D eigenvalue weighted by atomic mass is 35.5. The molecule has 0 saturated carbocycles. The van der Waals surface area contributed by atoms with Gasteiger partial charge in [-0.05, 0) is 36.4 Å². The standard InChI is InChI=1S/C25H20Cl2N6/c26-21-2-1-3-22(27)24(21)17(12-28)10-19-15-32-25-20(19)11-18(14-31-25)16-4-5-23(30-13-16)33-8-6-29-7-9-33/h1-5,10-11,13-15,29H,6-9H2,(H,31,32)/b17-10+. The SMILES string of the molecule is N#C/C(=C\c1c[nH]c2ncc(-c3ccc(N4CCNCC4)nc3)cc12)c1c(Cl)cccc1Cl. The van der Waals surface area contributed by atoms with E-state index < -0.39 is 0 Å². The molecule has 0 aliphatic carbocycles. The van der Waals surface area contributed by atoms with Gasteiger partial charge in [0.05, 0.1) is 21.7 Å². The van der Waals surface area contributed by atoms with Crippen molar-refractivity contribution in [1.29, 1.82) is 5.26 Å². The molecule has 0 spiro atoms. The molecule has 0 bridgehead atoms. The largest absolute Gasteiger partial charge is 0.354 e. The Bertz CT molecular complexity index is 1360. The summed E-state index contributed by atoms with van der Waals surface area (Å²) in [6.07, 6.45) is 7.31. The van der Waals surface area contributed by atoms with Crippen molar-refractivity contribution in [1.82, 2.24) is 20.3 Å². The van der Waals surface area contributed by atoms with E-state index in [0.29, 0.717) is 21.2 Å². The molecule has 6 nitrogen and oxygen atoms in total. The van der Waals surface area contributed by atoms with Crippen molar-refractivity contribution in [2.75, 3.05) is 31.1 Å². The maximum absolute atomic E-state index is 9.79. The molecule has 8 heteroatoms. The summed E-state index contributed by atoms with van der Waals surface area (Å²) in [5, 5.41) is 14.9. The highest BCUT2D eigenvalue weighted by molar-refractivity contribution is 6.38. The zero-order valence-electron chi connectivity index (χ0n) is 17.6. The van der Waals surface area contributed by atoms with Crippen molar-refractivity contribution >= 4 is 51.7 Å². The van der Waals surface area contributed by atoms with E-state index in [2.05, 4.69) is 49.4 Å². The number of piperazine rings is 1. The summed E-state index contributed by atoms with van der Waals surface area (Å²) >= 11 is 12.7. The first-order valence-corrected chi connectivity index (χ1v) is 11.3. The van der Waals surface area contributed by atoms with Crippen LogP contribution in [0.1, 0.15) is 11.1 Å². The molecule has 1 aromatic carbocycles. The average molecular weight is 475 g/mol. The van der Waals surface area contributed by atoms with Crippen LogP contribution in [0.25, 0.3) is 33.8 Å². The van der Waals surface area contributed by atoms with Crippen molar-refractivity contribution in [3.05, 3.63) is 76.2 Å². The number of aromatic nitrogens is 3. The van der Waals surface area contributed by atoms with Gasteiger partial charge < -0.3 is 15.2 Å². The monoisotopic (exact) mass is 474 g/mol. The Morgan fingerprint density at radius 2 is 1.79 bits per heavy atom. The van der Waals surface area contributed by atoms with E-state index in [1.807, 2.05) is 18.6 Å². The van der Waals surface area contributed by atoms with E-state index in [4.69, 9.17) is 23.2 Å². The molecule has 1 fully saturated rings. The third-order valence-corrected chi connectivity index (χ3v) is 6.37. The molecule has 1 aliphatic heterocycles. The predicted octanol–water partition coefficient (Wildman–Crippen LogP) is 5.41. The lowest BCUT2D eigenvalue weighted by atomic mass is 10.0. The van der Waals surface area contributed by atoms with Crippen LogP contribution < -0.4 is 10.2 Å². The molecule has 33 heavy (non-hydrogen) atoms. The first-order valence-electron chi connectivity index (χ1n) is 10.6. The van der Waals surface area contributed by atoms with Crippen molar-refractivity contribution < 1.29 is 0 Å².